The molecular formula is C28H36O7S2. The Labute approximate surface area is 226 Å². The van der Waals surface area contributed by atoms with Gasteiger partial charge in [-0.3, -0.25) is 19.2 Å². The van der Waals surface area contributed by atoms with E-state index in [1.165, 1.54) is 12.2 Å². The van der Waals surface area contributed by atoms with Crippen molar-refractivity contribution < 1.29 is 33.4 Å². The van der Waals surface area contributed by atoms with Crippen LogP contribution >= 0.6 is 21.6 Å². The van der Waals surface area contributed by atoms with Gasteiger partial charge in [0.15, 0.2) is 11.2 Å². The molecule has 0 aromatic heterocycles. The third-order valence-electron chi connectivity index (χ3n) is 9.84. The fourth-order valence-electron chi connectivity index (χ4n) is 7.90. The molecule has 37 heavy (non-hydrogen) atoms. The van der Waals surface area contributed by atoms with E-state index in [2.05, 4.69) is 6.58 Å². The highest BCUT2D eigenvalue weighted by molar-refractivity contribution is 8.77. The topological polar surface area (TPSA) is 104 Å². The highest BCUT2D eigenvalue weighted by Crippen LogP contribution is 2.67. The second-order valence-electron chi connectivity index (χ2n) is 12.1. The van der Waals surface area contributed by atoms with Crippen LogP contribution in [0.3, 0.4) is 0 Å². The molecule has 0 N–H and O–H groups in total. The van der Waals surface area contributed by atoms with Gasteiger partial charge >= 0.3 is 11.9 Å². The number of hydrogen-bond acceptors (Lipinski definition) is 9. The lowest BCUT2D eigenvalue weighted by atomic mass is 9.44. The minimum atomic E-state index is -1.81. The Bertz CT molecular complexity index is 1030. The molecule has 0 radical (unpaired) electrons. The Morgan fingerprint density at radius 1 is 1.19 bits per heavy atom. The van der Waals surface area contributed by atoms with E-state index >= 15 is 0 Å². The van der Waals surface area contributed by atoms with Crippen molar-refractivity contribution in [3.63, 3.8) is 0 Å². The summed E-state index contributed by atoms with van der Waals surface area (Å²) >= 11 is 0. The largest absolute Gasteiger partial charge is 0.464 e. The molecule has 5 fully saturated rings. The minimum absolute atomic E-state index is 0.141. The third kappa shape index (κ3) is 3.97. The van der Waals surface area contributed by atoms with Crippen LogP contribution in [0.4, 0.5) is 0 Å². The first-order chi connectivity index (χ1) is 17.6. The predicted molar refractivity (Wildman–Crippen MR) is 141 cm³/mol. The van der Waals surface area contributed by atoms with Crippen molar-refractivity contribution >= 4 is 51.4 Å². The van der Waals surface area contributed by atoms with E-state index in [-0.39, 0.29) is 30.8 Å². The Hall–Kier alpha value is -1.61. The van der Waals surface area contributed by atoms with Gasteiger partial charge in [0.25, 0.3) is 0 Å². The normalized spacial score (nSPS) is 40.4. The highest BCUT2D eigenvalue weighted by Gasteiger charge is 2.78. The van der Waals surface area contributed by atoms with Gasteiger partial charge in [-0.05, 0) is 49.5 Å². The van der Waals surface area contributed by atoms with Crippen LogP contribution in [0.25, 0.3) is 0 Å². The van der Waals surface area contributed by atoms with Crippen molar-refractivity contribution in [1.82, 2.24) is 0 Å². The van der Waals surface area contributed by atoms with Gasteiger partial charge in [-0.15, -0.1) is 0 Å². The van der Waals surface area contributed by atoms with E-state index in [1.54, 1.807) is 0 Å². The van der Waals surface area contributed by atoms with Crippen molar-refractivity contribution in [1.29, 1.82) is 0 Å². The number of carbonyl (C=O) groups is 5. The molecule has 2 heterocycles. The SMILES string of the molecule is C=C1C(=O)[C@@]23C(=O)OC[C@]4(C(=O)CCC(C)(C)[C@H]4C=O)[C@@H]2CC[C@@H]1[C@H]3OC(=O)CCCCC1CCSS1. The first kappa shape index (κ1) is 27.0. The molecule has 7 nitrogen and oxygen atoms in total. The van der Waals surface area contributed by atoms with Crippen molar-refractivity contribution in [2.45, 2.75) is 83.0 Å². The Morgan fingerprint density at radius 3 is 2.68 bits per heavy atom. The molecule has 3 aliphatic carbocycles. The molecule has 0 aromatic carbocycles. The van der Waals surface area contributed by atoms with Crippen LogP contribution < -0.4 is 0 Å². The van der Waals surface area contributed by atoms with E-state index in [1.807, 2.05) is 35.4 Å². The van der Waals surface area contributed by atoms with Gasteiger partial charge in [0.2, 0.25) is 0 Å². The monoisotopic (exact) mass is 548 g/mol. The van der Waals surface area contributed by atoms with E-state index < -0.39 is 57.8 Å². The van der Waals surface area contributed by atoms with Crippen LogP contribution in [-0.2, 0) is 33.4 Å². The molecule has 2 saturated heterocycles. The van der Waals surface area contributed by atoms with Crippen LogP contribution in [-0.4, -0.2) is 53.5 Å². The molecule has 7 atom stereocenters. The van der Waals surface area contributed by atoms with Gasteiger partial charge in [-0.2, -0.15) is 0 Å². The number of unbranched alkanes of at least 4 members (excludes halogenated alkanes) is 1. The van der Waals surface area contributed by atoms with Crippen molar-refractivity contribution in [2.75, 3.05) is 12.4 Å². The maximum atomic E-state index is 13.8. The zero-order valence-corrected chi connectivity index (χ0v) is 23.3. The summed E-state index contributed by atoms with van der Waals surface area (Å²) in [4.78, 5) is 66.6. The van der Waals surface area contributed by atoms with Crippen LogP contribution in [0.2, 0.25) is 0 Å². The lowest BCUT2D eigenvalue weighted by Gasteiger charge is -2.59. The first-order valence-corrected chi connectivity index (χ1v) is 15.9. The molecule has 3 saturated carbocycles. The second-order valence-corrected chi connectivity index (χ2v) is 14.9. The number of cyclic esters (lactones) is 1. The molecule has 1 unspecified atom stereocenters. The van der Waals surface area contributed by atoms with Crippen LogP contribution in [0.5, 0.6) is 0 Å². The number of carbonyl (C=O) groups excluding carboxylic acids is 5. The molecule has 2 bridgehead atoms. The summed E-state index contributed by atoms with van der Waals surface area (Å²) in [5.74, 6) is -2.60. The summed E-state index contributed by atoms with van der Waals surface area (Å²) in [6.07, 6.45) is 5.49. The zero-order chi connectivity index (χ0) is 26.6. The van der Waals surface area contributed by atoms with E-state index in [9.17, 15) is 24.0 Å². The number of Topliss-reactive ketones (excluding diaryl/α,β-unsaturated/α-hetero) is 2. The number of esters is 2. The smallest absolute Gasteiger partial charge is 0.324 e. The van der Waals surface area contributed by atoms with Crippen LogP contribution in [0.15, 0.2) is 12.2 Å². The van der Waals surface area contributed by atoms with Crippen LogP contribution in [0, 0.1) is 34.0 Å². The number of rotatable bonds is 7. The fourth-order valence-corrected chi connectivity index (χ4v) is 10.9. The zero-order valence-electron chi connectivity index (χ0n) is 21.6. The maximum absolute atomic E-state index is 13.8. The Balaban J connectivity index is 1.43. The Kier molecular flexibility index (Phi) is 7.18. The number of ether oxygens (including phenoxy) is 2. The average Bonchev–Trinajstić information content (AvgIpc) is 3.42. The lowest BCUT2D eigenvalue weighted by Crippen LogP contribution is -2.70. The van der Waals surface area contributed by atoms with Crippen LogP contribution in [0.1, 0.15) is 71.6 Å². The predicted octanol–water partition coefficient (Wildman–Crippen LogP) is 4.51. The number of aldehydes is 1. The maximum Gasteiger partial charge on any atom is 0.324 e. The first-order valence-electron chi connectivity index (χ1n) is 13.5. The fraction of sp³-hybridized carbons (Fsp3) is 0.750. The molecule has 5 rings (SSSR count). The molecule has 0 aromatic rings. The molecule has 202 valence electrons. The number of fused-ring (bicyclic) bond motifs is 2. The second kappa shape index (κ2) is 9.85. The summed E-state index contributed by atoms with van der Waals surface area (Å²) in [5, 5.41) is 0.632. The standard InChI is InChI=1S/C28H36O7S2/c1-16-18-8-9-19-27(20(14-29)26(2,3)12-10-21(27)30)15-34-25(33)28(19,23(16)32)24(18)35-22(31)7-5-4-6-17-11-13-36-37-17/h14,17-20,24H,1,4-13,15H2,2-3H3/t17?,18-,19-,20+,24+,27-,28-/m0/s1. The Morgan fingerprint density at radius 2 is 1.97 bits per heavy atom. The van der Waals surface area contributed by atoms with E-state index in [0.717, 1.165) is 19.1 Å². The van der Waals surface area contributed by atoms with Crippen molar-refractivity contribution in [3.8, 4) is 0 Å². The quantitative estimate of drug-likeness (QED) is 0.113. The summed E-state index contributed by atoms with van der Waals surface area (Å²) < 4.78 is 11.6. The molecule has 5 aliphatic rings. The van der Waals surface area contributed by atoms with Gasteiger partial charge in [0, 0.05) is 41.6 Å². The molecular weight excluding hydrogens is 512 g/mol. The van der Waals surface area contributed by atoms with Gasteiger partial charge in [0.1, 0.15) is 24.8 Å². The van der Waals surface area contributed by atoms with Gasteiger partial charge in [0.05, 0.1) is 5.41 Å². The highest BCUT2D eigenvalue weighted by atomic mass is 33.1. The minimum Gasteiger partial charge on any atom is -0.464 e. The summed E-state index contributed by atoms with van der Waals surface area (Å²) in [6, 6.07) is 0. The van der Waals surface area contributed by atoms with E-state index in [4.69, 9.17) is 9.47 Å². The average molecular weight is 549 g/mol. The number of ketones is 2. The van der Waals surface area contributed by atoms with Crippen molar-refractivity contribution in [2.24, 2.45) is 34.0 Å². The molecule has 0 amide bonds. The summed E-state index contributed by atoms with van der Waals surface area (Å²) in [5.41, 5.74) is -3.35. The van der Waals surface area contributed by atoms with Gasteiger partial charge in [-0.25, -0.2) is 0 Å². The third-order valence-corrected chi connectivity index (χ3v) is 12.8. The van der Waals surface area contributed by atoms with E-state index in [0.29, 0.717) is 30.9 Å². The molecule has 2 spiro atoms. The summed E-state index contributed by atoms with van der Waals surface area (Å²) in [6.45, 7) is 7.67. The molecule has 9 heteroatoms. The number of hydrogen-bond donors (Lipinski definition) is 0. The van der Waals surface area contributed by atoms with Gasteiger partial charge in [-0.1, -0.05) is 48.4 Å². The van der Waals surface area contributed by atoms with Gasteiger partial charge < -0.3 is 14.3 Å². The van der Waals surface area contributed by atoms with Crippen molar-refractivity contribution in [3.05, 3.63) is 12.2 Å². The summed E-state index contributed by atoms with van der Waals surface area (Å²) in [7, 11) is 3.81. The lowest BCUT2D eigenvalue weighted by molar-refractivity contribution is -0.224. The molecule has 2 aliphatic heterocycles.